The van der Waals surface area contributed by atoms with Gasteiger partial charge in [-0.15, -0.1) is 10.2 Å². The molecule has 0 bridgehead atoms. The Hall–Kier alpha value is -2.77. The van der Waals surface area contributed by atoms with Gasteiger partial charge in [0.25, 0.3) is 0 Å². The highest BCUT2D eigenvalue weighted by atomic mass is 15.3. The predicted octanol–water partition coefficient (Wildman–Crippen LogP) is 2.36. The molecule has 126 valence electrons. The van der Waals surface area contributed by atoms with E-state index < -0.39 is 0 Å². The van der Waals surface area contributed by atoms with E-state index in [1.807, 2.05) is 35.5 Å². The monoisotopic (exact) mass is 326 g/mol. The van der Waals surface area contributed by atoms with Gasteiger partial charge in [0.15, 0.2) is 5.82 Å². The highest BCUT2D eigenvalue weighted by molar-refractivity contribution is 5.61. The summed E-state index contributed by atoms with van der Waals surface area (Å²) in [6, 6.07) is 1.86. The third kappa shape index (κ3) is 3.12. The fraction of sp³-hybridized carbons (Fsp3) is 0.438. The van der Waals surface area contributed by atoms with Crippen molar-refractivity contribution in [1.29, 1.82) is 0 Å². The van der Waals surface area contributed by atoms with Crippen molar-refractivity contribution in [3.05, 3.63) is 36.3 Å². The lowest BCUT2D eigenvalue weighted by atomic mass is 10.2. The van der Waals surface area contributed by atoms with Crippen LogP contribution in [-0.2, 0) is 13.6 Å². The van der Waals surface area contributed by atoms with Gasteiger partial charge in [0.1, 0.15) is 6.33 Å². The van der Waals surface area contributed by atoms with Gasteiger partial charge in [0, 0.05) is 31.0 Å². The zero-order chi connectivity index (χ0) is 17.1. The smallest absolute Gasteiger partial charge is 0.223 e. The van der Waals surface area contributed by atoms with Crippen LogP contribution in [0.5, 0.6) is 0 Å². The summed E-state index contributed by atoms with van der Waals surface area (Å²) in [4.78, 5) is 8.93. The predicted molar refractivity (Wildman–Crippen MR) is 91.3 cm³/mol. The van der Waals surface area contributed by atoms with E-state index in [1.165, 1.54) is 0 Å². The molecule has 8 heteroatoms. The summed E-state index contributed by atoms with van der Waals surface area (Å²) in [5, 5.41) is 15.7. The fourth-order valence-electron chi connectivity index (χ4n) is 2.66. The third-order valence-corrected chi connectivity index (χ3v) is 3.95. The summed E-state index contributed by atoms with van der Waals surface area (Å²) in [5.41, 5.74) is 3.00. The molecule has 0 aliphatic carbocycles. The SMILES string of the molecule is CCCn1ncc(-c2ccnc(N[C@@H](C)c3nncn3C)n2)c1C. The second-order valence-electron chi connectivity index (χ2n) is 5.80. The minimum absolute atomic E-state index is 0.0448. The van der Waals surface area contributed by atoms with Crippen LogP contribution < -0.4 is 5.32 Å². The van der Waals surface area contributed by atoms with Crippen molar-refractivity contribution < 1.29 is 0 Å². The number of nitrogens with zero attached hydrogens (tertiary/aromatic N) is 7. The molecule has 3 aromatic heterocycles. The molecular formula is C16H22N8. The molecule has 0 aliphatic rings. The van der Waals surface area contributed by atoms with Gasteiger partial charge in [0.05, 0.1) is 17.9 Å². The molecule has 3 aromatic rings. The maximum atomic E-state index is 4.62. The van der Waals surface area contributed by atoms with Crippen LogP contribution in [0.1, 0.15) is 37.8 Å². The van der Waals surface area contributed by atoms with Crippen LogP contribution in [0, 0.1) is 6.92 Å². The minimum atomic E-state index is -0.0448. The van der Waals surface area contributed by atoms with E-state index >= 15 is 0 Å². The Kier molecular flexibility index (Phi) is 4.54. The molecule has 0 fully saturated rings. The van der Waals surface area contributed by atoms with Gasteiger partial charge in [-0.05, 0) is 26.3 Å². The summed E-state index contributed by atoms with van der Waals surface area (Å²) < 4.78 is 3.88. The molecule has 0 aromatic carbocycles. The number of rotatable bonds is 6. The molecule has 0 unspecified atom stereocenters. The topological polar surface area (TPSA) is 86.3 Å². The molecule has 1 N–H and O–H groups in total. The summed E-state index contributed by atoms with van der Waals surface area (Å²) in [5.74, 6) is 1.39. The highest BCUT2D eigenvalue weighted by Gasteiger charge is 2.14. The fourth-order valence-corrected chi connectivity index (χ4v) is 2.66. The van der Waals surface area contributed by atoms with Crippen LogP contribution >= 0.6 is 0 Å². The lowest BCUT2D eigenvalue weighted by Crippen LogP contribution is -2.13. The summed E-state index contributed by atoms with van der Waals surface area (Å²) in [6.07, 6.45) is 6.35. The van der Waals surface area contributed by atoms with Crippen molar-refractivity contribution in [3.8, 4) is 11.3 Å². The molecule has 8 nitrogen and oxygen atoms in total. The third-order valence-electron chi connectivity index (χ3n) is 3.95. The Morgan fingerprint density at radius 3 is 2.88 bits per heavy atom. The number of aryl methyl sites for hydroxylation is 2. The van der Waals surface area contributed by atoms with E-state index in [4.69, 9.17) is 0 Å². The van der Waals surface area contributed by atoms with Crippen LogP contribution in [-0.4, -0.2) is 34.5 Å². The van der Waals surface area contributed by atoms with Crippen molar-refractivity contribution in [3.63, 3.8) is 0 Å². The average molecular weight is 326 g/mol. The first-order valence-corrected chi connectivity index (χ1v) is 8.06. The first-order chi connectivity index (χ1) is 11.6. The van der Waals surface area contributed by atoms with Crippen LogP contribution in [0.4, 0.5) is 5.95 Å². The molecule has 0 aliphatic heterocycles. The second kappa shape index (κ2) is 6.77. The number of aromatic nitrogens is 7. The van der Waals surface area contributed by atoms with Crippen LogP contribution in [0.2, 0.25) is 0 Å². The Morgan fingerprint density at radius 1 is 1.33 bits per heavy atom. The Labute approximate surface area is 141 Å². The molecule has 24 heavy (non-hydrogen) atoms. The van der Waals surface area contributed by atoms with Crippen molar-refractivity contribution in [2.24, 2.45) is 7.05 Å². The second-order valence-corrected chi connectivity index (χ2v) is 5.80. The van der Waals surface area contributed by atoms with Crippen molar-refractivity contribution in [2.45, 2.75) is 39.8 Å². The molecule has 0 spiro atoms. The van der Waals surface area contributed by atoms with Crippen molar-refractivity contribution >= 4 is 5.95 Å². The zero-order valence-corrected chi connectivity index (χ0v) is 14.4. The van der Waals surface area contributed by atoms with E-state index in [-0.39, 0.29) is 6.04 Å². The van der Waals surface area contributed by atoms with E-state index in [2.05, 4.69) is 44.4 Å². The molecule has 0 saturated heterocycles. The first-order valence-electron chi connectivity index (χ1n) is 8.06. The number of hydrogen-bond acceptors (Lipinski definition) is 6. The van der Waals surface area contributed by atoms with Crippen molar-refractivity contribution in [2.75, 3.05) is 5.32 Å². The van der Waals surface area contributed by atoms with Gasteiger partial charge in [-0.2, -0.15) is 5.10 Å². The van der Waals surface area contributed by atoms with Gasteiger partial charge in [-0.25, -0.2) is 9.97 Å². The van der Waals surface area contributed by atoms with E-state index in [1.54, 1.807) is 12.5 Å². The minimum Gasteiger partial charge on any atom is -0.344 e. The lowest BCUT2D eigenvalue weighted by Gasteiger charge is -2.13. The maximum absolute atomic E-state index is 4.62. The Morgan fingerprint density at radius 2 is 2.17 bits per heavy atom. The molecule has 1 atom stereocenters. The van der Waals surface area contributed by atoms with Gasteiger partial charge >= 0.3 is 0 Å². The molecule has 3 rings (SSSR count). The number of nitrogens with one attached hydrogen (secondary N) is 1. The Balaban J connectivity index is 1.83. The van der Waals surface area contributed by atoms with Gasteiger partial charge in [-0.1, -0.05) is 6.92 Å². The lowest BCUT2D eigenvalue weighted by molar-refractivity contribution is 0.587. The van der Waals surface area contributed by atoms with Gasteiger partial charge in [-0.3, -0.25) is 4.68 Å². The van der Waals surface area contributed by atoms with E-state index in [9.17, 15) is 0 Å². The summed E-state index contributed by atoms with van der Waals surface area (Å²) in [7, 11) is 1.91. The molecular weight excluding hydrogens is 304 g/mol. The largest absolute Gasteiger partial charge is 0.344 e. The first kappa shape index (κ1) is 16.1. The quantitative estimate of drug-likeness (QED) is 0.748. The van der Waals surface area contributed by atoms with E-state index in [0.717, 1.165) is 35.7 Å². The maximum Gasteiger partial charge on any atom is 0.223 e. The molecule has 0 saturated carbocycles. The van der Waals surface area contributed by atoms with Crippen molar-refractivity contribution in [1.82, 2.24) is 34.5 Å². The zero-order valence-electron chi connectivity index (χ0n) is 14.4. The molecule has 0 amide bonds. The standard InChI is InChI=1S/C16H22N8/c1-5-8-24-12(3)13(9-19-24)14-6-7-17-16(21-14)20-11(2)15-22-18-10-23(15)4/h6-7,9-11H,5,8H2,1-4H3,(H,17,20,21)/t11-/m0/s1. The number of hydrogen-bond donors (Lipinski definition) is 1. The van der Waals surface area contributed by atoms with Gasteiger partial charge < -0.3 is 9.88 Å². The molecule has 3 heterocycles. The van der Waals surface area contributed by atoms with Crippen LogP contribution in [0.15, 0.2) is 24.8 Å². The average Bonchev–Trinajstić information content (AvgIpc) is 3.15. The summed E-state index contributed by atoms with van der Waals surface area (Å²) >= 11 is 0. The van der Waals surface area contributed by atoms with Gasteiger partial charge in [0.2, 0.25) is 5.95 Å². The van der Waals surface area contributed by atoms with E-state index in [0.29, 0.717) is 5.95 Å². The Bertz CT molecular complexity index is 819. The molecule has 0 radical (unpaired) electrons. The van der Waals surface area contributed by atoms with Crippen LogP contribution in [0.25, 0.3) is 11.3 Å². The number of anilines is 1. The normalized spacial score (nSPS) is 12.3. The highest BCUT2D eigenvalue weighted by Crippen LogP contribution is 2.23. The summed E-state index contributed by atoms with van der Waals surface area (Å²) in [6.45, 7) is 7.12. The van der Waals surface area contributed by atoms with Crippen LogP contribution in [0.3, 0.4) is 0 Å².